The smallest absolute Gasteiger partial charge is 0.251 e. The van der Waals surface area contributed by atoms with Gasteiger partial charge in [0.05, 0.1) is 0 Å². The lowest BCUT2D eigenvalue weighted by Crippen LogP contribution is -2.48. The van der Waals surface area contributed by atoms with Crippen LogP contribution in [0.4, 0.5) is 0 Å². The van der Waals surface area contributed by atoms with Gasteiger partial charge in [-0.3, -0.25) is 9.59 Å². The first kappa shape index (κ1) is 13.2. The Morgan fingerprint density at radius 2 is 2.05 bits per heavy atom. The number of nitrogens with zero attached hydrogens (tertiary/aromatic N) is 1. The van der Waals surface area contributed by atoms with Crippen LogP contribution in [0.1, 0.15) is 12.0 Å². The van der Waals surface area contributed by atoms with E-state index in [-0.39, 0.29) is 30.1 Å². The van der Waals surface area contributed by atoms with E-state index in [0.717, 1.165) is 16.5 Å². The summed E-state index contributed by atoms with van der Waals surface area (Å²) < 4.78 is 6.84. The van der Waals surface area contributed by atoms with Crippen molar-refractivity contribution in [2.75, 3.05) is 6.61 Å². The number of halogens is 1. The average Bonchev–Trinajstić information content (AvgIpc) is 3.23. The number of allylic oxidation sites excluding steroid dienone is 1. The van der Waals surface area contributed by atoms with E-state index < -0.39 is 5.72 Å². The molecule has 4 nitrogen and oxygen atoms in total. The van der Waals surface area contributed by atoms with Crippen LogP contribution in [0.15, 0.2) is 40.9 Å². The second-order valence-corrected chi connectivity index (χ2v) is 6.75. The predicted octanol–water partition coefficient (Wildman–Crippen LogP) is 2.28. The fourth-order valence-electron chi connectivity index (χ4n) is 3.37. The van der Waals surface area contributed by atoms with Gasteiger partial charge in [-0.2, -0.15) is 0 Å². The van der Waals surface area contributed by atoms with Crippen molar-refractivity contribution in [2.45, 2.75) is 18.7 Å². The number of hydrogen-bond donors (Lipinski definition) is 0. The summed E-state index contributed by atoms with van der Waals surface area (Å²) >= 11 is 3.41. The monoisotopic (exact) mass is 347 g/mol. The molecule has 1 aliphatic heterocycles. The van der Waals surface area contributed by atoms with Crippen LogP contribution >= 0.6 is 15.9 Å². The van der Waals surface area contributed by atoms with Gasteiger partial charge in [-0.1, -0.05) is 28.1 Å². The molecule has 1 spiro atoms. The number of rotatable bonds is 2. The van der Waals surface area contributed by atoms with Crippen LogP contribution in [0.2, 0.25) is 0 Å². The molecule has 3 unspecified atom stereocenters. The molecule has 5 heteroatoms. The Morgan fingerprint density at radius 1 is 1.29 bits per heavy atom. The van der Waals surface area contributed by atoms with Crippen molar-refractivity contribution < 1.29 is 14.3 Å². The molecule has 1 saturated heterocycles. The van der Waals surface area contributed by atoms with Crippen molar-refractivity contribution >= 4 is 27.6 Å². The highest BCUT2D eigenvalue weighted by atomic mass is 79.9. The molecular formula is C16H14BrNO3. The molecule has 108 valence electrons. The minimum Gasteiger partial charge on any atom is -0.342 e. The summed E-state index contributed by atoms with van der Waals surface area (Å²) in [6.45, 7) is 0.603. The molecule has 0 radical (unpaired) electrons. The highest BCUT2D eigenvalue weighted by Crippen LogP contribution is 2.55. The van der Waals surface area contributed by atoms with Gasteiger partial charge in [-0.05, 0) is 36.3 Å². The minimum absolute atomic E-state index is 0.0115. The molecule has 3 atom stereocenters. The molecule has 4 rings (SSSR count). The van der Waals surface area contributed by atoms with E-state index in [1.807, 2.05) is 24.3 Å². The summed E-state index contributed by atoms with van der Waals surface area (Å²) in [6, 6.07) is 7.91. The van der Waals surface area contributed by atoms with E-state index in [0.29, 0.717) is 6.54 Å². The molecule has 21 heavy (non-hydrogen) atoms. The molecule has 2 aliphatic carbocycles. The van der Waals surface area contributed by atoms with Crippen LogP contribution in [0.3, 0.4) is 0 Å². The van der Waals surface area contributed by atoms with Crippen LogP contribution in [0, 0.1) is 11.8 Å². The molecule has 0 bridgehead atoms. The molecule has 1 aromatic carbocycles. The first-order valence-corrected chi connectivity index (χ1v) is 7.81. The molecule has 0 aromatic heterocycles. The molecular weight excluding hydrogens is 334 g/mol. The first-order valence-electron chi connectivity index (χ1n) is 7.02. The molecule has 3 aliphatic rings. The number of ether oxygens (including phenoxy) is 1. The van der Waals surface area contributed by atoms with Crippen LogP contribution in [-0.4, -0.2) is 28.9 Å². The van der Waals surface area contributed by atoms with E-state index in [2.05, 4.69) is 15.9 Å². The molecule has 0 N–H and O–H groups in total. The fraction of sp³-hybridized carbons (Fsp3) is 0.375. The van der Waals surface area contributed by atoms with Gasteiger partial charge in [-0.25, -0.2) is 0 Å². The lowest BCUT2D eigenvalue weighted by Gasteiger charge is -2.36. The van der Waals surface area contributed by atoms with Crippen molar-refractivity contribution in [1.29, 1.82) is 0 Å². The van der Waals surface area contributed by atoms with E-state index in [1.165, 1.54) is 0 Å². The van der Waals surface area contributed by atoms with Crippen LogP contribution in [0.5, 0.6) is 0 Å². The molecule has 1 aromatic rings. The van der Waals surface area contributed by atoms with Gasteiger partial charge in [0.15, 0.2) is 11.5 Å². The van der Waals surface area contributed by atoms with Crippen molar-refractivity contribution in [3.63, 3.8) is 0 Å². The molecule has 1 saturated carbocycles. The van der Waals surface area contributed by atoms with Crippen LogP contribution in [-0.2, 0) is 20.9 Å². The zero-order chi connectivity index (χ0) is 14.6. The van der Waals surface area contributed by atoms with Crippen molar-refractivity contribution in [1.82, 2.24) is 4.90 Å². The normalized spacial score (nSPS) is 33.7. The maximum absolute atomic E-state index is 12.2. The van der Waals surface area contributed by atoms with Gasteiger partial charge in [0.1, 0.15) is 6.61 Å². The predicted molar refractivity (Wildman–Crippen MR) is 79.1 cm³/mol. The average molecular weight is 348 g/mol. The number of hydrogen-bond acceptors (Lipinski definition) is 3. The maximum atomic E-state index is 12.2. The van der Waals surface area contributed by atoms with Crippen LogP contribution < -0.4 is 0 Å². The third kappa shape index (κ3) is 1.99. The van der Waals surface area contributed by atoms with Crippen molar-refractivity contribution in [3.05, 3.63) is 46.5 Å². The lowest BCUT2D eigenvalue weighted by atomic mass is 9.96. The Hall–Kier alpha value is -1.46. The van der Waals surface area contributed by atoms with Gasteiger partial charge < -0.3 is 9.64 Å². The number of ketones is 1. The minimum atomic E-state index is -0.706. The summed E-state index contributed by atoms with van der Waals surface area (Å²) in [7, 11) is 0. The number of carbonyl (C=O) groups excluding carboxylic acids is 2. The van der Waals surface area contributed by atoms with Gasteiger partial charge in [-0.15, -0.1) is 0 Å². The number of amides is 1. The SMILES string of the molecule is O=C1C=CC2(OCC(=O)N2Cc2ccc(Br)cc2)C2CC12. The van der Waals surface area contributed by atoms with Gasteiger partial charge in [0.25, 0.3) is 5.91 Å². The lowest BCUT2D eigenvalue weighted by molar-refractivity contribution is -0.134. The van der Waals surface area contributed by atoms with Crippen LogP contribution in [0.25, 0.3) is 0 Å². The highest BCUT2D eigenvalue weighted by molar-refractivity contribution is 9.10. The number of carbonyl (C=O) groups is 2. The van der Waals surface area contributed by atoms with E-state index in [9.17, 15) is 9.59 Å². The zero-order valence-corrected chi connectivity index (χ0v) is 12.9. The fourth-order valence-corrected chi connectivity index (χ4v) is 3.64. The first-order chi connectivity index (χ1) is 10.1. The second-order valence-electron chi connectivity index (χ2n) is 5.83. The van der Waals surface area contributed by atoms with E-state index in [1.54, 1.807) is 17.1 Å². The third-order valence-corrected chi connectivity index (χ3v) is 5.11. The van der Waals surface area contributed by atoms with Gasteiger partial charge in [0.2, 0.25) is 0 Å². The summed E-state index contributed by atoms with van der Waals surface area (Å²) in [5.74, 6) is 0.310. The van der Waals surface area contributed by atoms with Crippen molar-refractivity contribution in [2.24, 2.45) is 11.8 Å². The Morgan fingerprint density at radius 3 is 2.81 bits per heavy atom. The second kappa shape index (κ2) is 4.52. The molecule has 1 heterocycles. The topological polar surface area (TPSA) is 46.6 Å². The summed E-state index contributed by atoms with van der Waals surface area (Å²) in [4.78, 5) is 25.7. The largest absolute Gasteiger partial charge is 0.342 e. The Labute approximate surface area is 130 Å². The quantitative estimate of drug-likeness (QED) is 0.824. The summed E-state index contributed by atoms with van der Waals surface area (Å²) in [6.07, 6.45) is 4.19. The Kier molecular flexibility index (Phi) is 2.84. The summed E-state index contributed by atoms with van der Waals surface area (Å²) in [5, 5.41) is 0. The van der Waals surface area contributed by atoms with Gasteiger partial charge in [0, 0.05) is 22.9 Å². The van der Waals surface area contributed by atoms with E-state index >= 15 is 0 Å². The molecule has 1 amide bonds. The summed E-state index contributed by atoms with van der Waals surface area (Å²) in [5.41, 5.74) is 0.349. The number of fused-ring (bicyclic) bond motifs is 2. The third-order valence-electron chi connectivity index (χ3n) is 4.58. The Balaban J connectivity index is 1.66. The zero-order valence-electron chi connectivity index (χ0n) is 11.3. The highest BCUT2D eigenvalue weighted by Gasteiger charge is 2.63. The van der Waals surface area contributed by atoms with E-state index in [4.69, 9.17) is 4.74 Å². The van der Waals surface area contributed by atoms with Gasteiger partial charge >= 0.3 is 0 Å². The standard InChI is InChI=1S/C16H14BrNO3/c17-11-3-1-10(2-4-11)8-18-15(20)9-21-16(18)6-5-14(19)12-7-13(12)16/h1-6,12-13H,7-9H2. The maximum Gasteiger partial charge on any atom is 0.251 e. The van der Waals surface area contributed by atoms with Crippen molar-refractivity contribution in [3.8, 4) is 0 Å². The number of benzene rings is 1. The Bertz CT molecular complexity index is 654. The molecule has 2 fully saturated rings.